The van der Waals surface area contributed by atoms with Crippen LogP contribution in [0.1, 0.15) is 28.4 Å². The van der Waals surface area contributed by atoms with Crippen LogP contribution in [0.4, 0.5) is 5.69 Å². The zero-order valence-electron chi connectivity index (χ0n) is 13.6. The van der Waals surface area contributed by atoms with E-state index in [1.807, 2.05) is 12.1 Å². The number of ketones is 1. The Balaban J connectivity index is 1.94. The van der Waals surface area contributed by atoms with Crippen LogP contribution in [-0.2, 0) is 22.6 Å². The summed E-state index contributed by atoms with van der Waals surface area (Å²) in [4.78, 5) is 37.6. The van der Waals surface area contributed by atoms with E-state index >= 15 is 0 Å². The molecule has 0 aromatic heterocycles. The lowest BCUT2D eigenvalue weighted by atomic mass is 9.87. The largest absolute Gasteiger partial charge is 0.338 e. The number of benzene rings is 2. The molecule has 2 aliphatic heterocycles. The fraction of sp³-hybridized carbons (Fsp3) is 0.211. The van der Waals surface area contributed by atoms with Crippen LogP contribution in [0.2, 0.25) is 5.02 Å². The molecule has 0 bridgehead atoms. The maximum absolute atomic E-state index is 12.2. The Bertz CT molecular complexity index is 935. The summed E-state index contributed by atoms with van der Waals surface area (Å²) in [7, 11) is 0. The van der Waals surface area contributed by atoms with Crippen molar-refractivity contribution in [2.45, 2.75) is 19.9 Å². The number of Topliss-reactive ketones (excluding diaryl/α,β-unsaturated/α-hetero) is 1. The lowest BCUT2D eigenvalue weighted by molar-refractivity contribution is -0.129. The van der Waals surface area contributed by atoms with E-state index in [9.17, 15) is 14.4 Å². The zero-order valence-corrected chi connectivity index (χ0v) is 14.3. The van der Waals surface area contributed by atoms with Crippen molar-refractivity contribution < 1.29 is 14.4 Å². The summed E-state index contributed by atoms with van der Waals surface area (Å²) in [5.74, 6) is -1.18. The van der Waals surface area contributed by atoms with Crippen molar-refractivity contribution in [1.82, 2.24) is 4.90 Å². The number of hydrogen-bond acceptors (Lipinski definition) is 3. The van der Waals surface area contributed by atoms with Gasteiger partial charge in [0.2, 0.25) is 5.91 Å². The van der Waals surface area contributed by atoms with Crippen molar-refractivity contribution in [2.75, 3.05) is 11.9 Å². The summed E-state index contributed by atoms with van der Waals surface area (Å²) in [6, 6.07) is 9.17. The lowest BCUT2D eigenvalue weighted by Crippen LogP contribution is -2.35. The van der Waals surface area contributed by atoms with Crippen molar-refractivity contribution >= 4 is 34.9 Å². The molecule has 2 aromatic carbocycles. The molecule has 6 heteroatoms. The van der Waals surface area contributed by atoms with Crippen molar-refractivity contribution in [3.05, 3.63) is 52.0 Å². The molecular formula is C19H15ClN2O3. The summed E-state index contributed by atoms with van der Waals surface area (Å²) < 4.78 is 0. The minimum absolute atomic E-state index is 0.0213. The standard InChI is InChI=1S/C19H15ClN2O3/c1-10(23)22-7-6-13-14(11-2-4-12(20)5-3-11)8-15-17(16(13)9-22)21-19(25)18(15)24/h2-5,8H,6-7,9H2,1H3,(H,21,24,25). The first-order chi connectivity index (χ1) is 12.0. The van der Waals surface area contributed by atoms with Gasteiger partial charge in [0.1, 0.15) is 0 Å². The Labute approximate surface area is 149 Å². The molecular weight excluding hydrogens is 340 g/mol. The first kappa shape index (κ1) is 15.8. The zero-order chi connectivity index (χ0) is 17.7. The van der Waals surface area contributed by atoms with E-state index in [1.165, 1.54) is 6.92 Å². The van der Waals surface area contributed by atoms with Gasteiger partial charge in [0.25, 0.3) is 11.7 Å². The second kappa shape index (κ2) is 5.70. The number of carbonyl (C=O) groups excluding carboxylic acids is 3. The monoisotopic (exact) mass is 354 g/mol. The molecule has 0 radical (unpaired) electrons. The van der Waals surface area contributed by atoms with Gasteiger partial charge >= 0.3 is 0 Å². The average molecular weight is 355 g/mol. The molecule has 0 fully saturated rings. The predicted molar refractivity (Wildman–Crippen MR) is 94.6 cm³/mol. The van der Waals surface area contributed by atoms with Crippen molar-refractivity contribution in [2.24, 2.45) is 0 Å². The smallest absolute Gasteiger partial charge is 0.296 e. The minimum atomic E-state index is -0.620. The molecule has 25 heavy (non-hydrogen) atoms. The second-order valence-electron chi connectivity index (χ2n) is 6.28. The number of nitrogens with one attached hydrogen (secondary N) is 1. The molecule has 2 amide bonds. The number of halogens is 1. The molecule has 5 nitrogen and oxygen atoms in total. The molecule has 0 spiro atoms. The first-order valence-electron chi connectivity index (χ1n) is 8.01. The molecule has 126 valence electrons. The molecule has 0 saturated carbocycles. The van der Waals surface area contributed by atoms with Crippen LogP contribution in [0.25, 0.3) is 11.1 Å². The van der Waals surface area contributed by atoms with Gasteiger partial charge in [-0.05, 0) is 46.9 Å². The number of anilines is 1. The molecule has 4 rings (SSSR count). The van der Waals surface area contributed by atoms with Gasteiger partial charge in [0.05, 0.1) is 11.3 Å². The van der Waals surface area contributed by atoms with Gasteiger partial charge in [-0.25, -0.2) is 0 Å². The quantitative estimate of drug-likeness (QED) is 0.800. The van der Waals surface area contributed by atoms with Crippen LogP contribution >= 0.6 is 11.6 Å². The van der Waals surface area contributed by atoms with E-state index in [-0.39, 0.29) is 5.91 Å². The van der Waals surface area contributed by atoms with E-state index in [0.29, 0.717) is 35.8 Å². The summed E-state index contributed by atoms with van der Waals surface area (Å²) in [6.45, 7) is 2.53. The fourth-order valence-corrected chi connectivity index (χ4v) is 3.65. The predicted octanol–water partition coefficient (Wildman–Crippen LogP) is 3.05. The Morgan fingerprint density at radius 1 is 1.12 bits per heavy atom. The van der Waals surface area contributed by atoms with E-state index in [0.717, 1.165) is 22.3 Å². The number of hydrogen-bond donors (Lipinski definition) is 1. The third-order valence-electron chi connectivity index (χ3n) is 4.82. The van der Waals surface area contributed by atoms with Gasteiger partial charge in [-0.2, -0.15) is 0 Å². The number of fused-ring (bicyclic) bond motifs is 3. The van der Waals surface area contributed by atoms with Gasteiger partial charge in [0, 0.05) is 25.0 Å². The van der Waals surface area contributed by atoms with Gasteiger partial charge in [-0.3, -0.25) is 14.4 Å². The van der Waals surface area contributed by atoms with Crippen LogP contribution < -0.4 is 5.32 Å². The molecule has 0 atom stereocenters. The van der Waals surface area contributed by atoms with Gasteiger partial charge in [-0.1, -0.05) is 23.7 Å². The highest BCUT2D eigenvalue weighted by Crippen LogP contribution is 2.40. The first-order valence-corrected chi connectivity index (χ1v) is 8.39. The van der Waals surface area contributed by atoms with Crippen molar-refractivity contribution in [3.8, 4) is 11.1 Å². The van der Waals surface area contributed by atoms with Gasteiger partial charge in [0.15, 0.2) is 0 Å². The molecule has 0 unspecified atom stereocenters. The normalized spacial score (nSPS) is 15.7. The Hall–Kier alpha value is -2.66. The van der Waals surface area contributed by atoms with Crippen LogP contribution in [0.5, 0.6) is 0 Å². The number of rotatable bonds is 1. The second-order valence-corrected chi connectivity index (χ2v) is 6.72. The summed E-state index contributed by atoms with van der Waals surface area (Å²) in [5.41, 5.74) is 4.69. The van der Waals surface area contributed by atoms with Crippen molar-refractivity contribution in [1.29, 1.82) is 0 Å². The Morgan fingerprint density at radius 2 is 1.84 bits per heavy atom. The third-order valence-corrected chi connectivity index (χ3v) is 5.07. The Kier molecular flexibility index (Phi) is 3.62. The van der Waals surface area contributed by atoms with Crippen LogP contribution in [0.3, 0.4) is 0 Å². The van der Waals surface area contributed by atoms with Crippen LogP contribution in [-0.4, -0.2) is 29.0 Å². The van der Waals surface area contributed by atoms with E-state index < -0.39 is 11.7 Å². The fourth-order valence-electron chi connectivity index (χ4n) is 3.53. The van der Waals surface area contributed by atoms with Gasteiger partial charge < -0.3 is 10.2 Å². The number of nitrogens with zero attached hydrogens (tertiary/aromatic N) is 1. The maximum Gasteiger partial charge on any atom is 0.296 e. The molecule has 0 saturated heterocycles. The summed E-state index contributed by atoms with van der Waals surface area (Å²) >= 11 is 5.98. The van der Waals surface area contributed by atoms with Crippen LogP contribution in [0.15, 0.2) is 30.3 Å². The maximum atomic E-state index is 12.2. The average Bonchev–Trinajstić information content (AvgIpc) is 2.89. The molecule has 2 heterocycles. The molecule has 1 N–H and O–H groups in total. The Morgan fingerprint density at radius 3 is 2.52 bits per heavy atom. The molecule has 0 aliphatic carbocycles. The molecule has 2 aromatic rings. The summed E-state index contributed by atoms with van der Waals surface area (Å²) in [6.07, 6.45) is 0.671. The highest BCUT2D eigenvalue weighted by molar-refractivity contribution is 6.52. The van der Waals surface area contributed by atoms with Crippen LogP contribution in [0, 0.1) is 0 Å². The van der Waals surface area contributed by atoms with E-state index in [1.54, 1.807) is 23.1 Å². The highest BCUT2D eigenvalue weighted by atomic mass is 35.5. The molecule has 2 aliphatic rings. The lowest BCUT2D eigenvalue weighted by Gasteiger charge is -2.31. The minimum Gasteiger partial charge on any atom is -0.338 e. The van der Waals surface area contributed by atoms with Crippen molar-refractivity contribution in [3.63, 3.8) is 0 Å². The highest BCUT2D eigenvalue weighted by Gasteiger charge is 2.35. The number of amides is 2. The number of carbonyl (C=O) groups is 3. The SMILES string of the molecule is CC(=O)N1CCc2c(-c3ccc(Cl)cc3)cc3c(c2C1)NC(=O)C3=O. The summed E-state index contributed by atoms with van der Waals surface area (Å²) in [5, 5.41) is 3.31. The topological polar surface area (TPSA) is 66.5 Å². The third kappa shape index (κ3) is 2.51. The van der Waals surface area contributed by atoms with E-state index in [2.05, 4.69) is 5.32 Å². The van der Waals surface area contributed by atoms with E-state index in [4.69, 9.17) is 11.6 Å². The van der Waals surface area contributed by atoms with Gasteiger partial charge in [-0.15, -0.1) is 0 Å².